The zero-order valence-corrected chi connectivity index (χ0v) is 10.7. The number of nitrogens with one attached hydrogen (secondary N) is 1. The lowest BCUT2D eigenvalue weighted by Gasteiger charge is -2.06. The van der Waals surface area contributed by atoms with Crippen LogP contribution in [0.5, 0.6) is 0 Å². The van der Waals surface area contributed by atoms with Crippen molar-refractivity contribution >= 4 is 28.8 Å². The topological polar surface area (TPSA) is 73.7 Å². The van der Waals surface area contributed by atoms with E-state index in [2.05, 4.69) is 15.5 Å². The molecule has 2 aromatic heterocycles. The number of nitrogens with zero attached hydrogens (tertiary/aromatic N) is 4. The standard InChI is InChI=1S/C10H14N6S/c1-6-8(9(11)17)10(16(3)13-6)12-7-4-5-15(2)14-7/h4-5H,1-3H3,(H2,11,17)(H,12,14). The molecule has 2 heterocycles. The number of thiocarbonyl (C=S) groups is 1. The molecule has 0 bridgehead atoms. The predicted octanol–water partition coefficient (Wildman–Crippen LogP) is 0.840. The Kier molecular flexibility index (Phi) is 2.84. The van der Waals surface area contributed by atoms with Crippen LogP contribution >= 0.6 is 12.2 Å². The van der Waals surface area contributed by atoms with Crippen LogP contribution < -0.4 is 11.1 Å². The fraction of sp³-hybridized carbons (Fsp3) is 0.300. The minimum atomic E-state index is 0.328. The maximum Gasteiger partial charge on any atom is 0.153 e. The smallest absolute Gasteiger partial charge is 0.153 e. The first-order valence-corrected chi connectivity index (χ1v) is 5.50. The Balaban J connectivity index is 2.41. The lowest BCUT2D eigenvalue weighted by Crippen LogP contribution is -2.13. The van der Waals surface area contributed by atoms with Crippen molar-refractivity contribution in [3.8, 4) is 0 Å². The second kappa shape index (κ2) is 4.17. The molecule has 6 nitrogen and oxygen atoms in total. The summed E-state index contributed by atoms with van der Waals surface area (Å²) in [7, 11) is 3.69. The maximum atomic E-state index is 5.70. The van der Waals surface area contributed by atoms with Gasteiger partial charge in [0, 0.05) is 26.4 Å². The highest BCUT2D eigenvalue weighted by molar-refractivity contribution is 7.80. The van der Waals surface area contributed by atoms with Crippen molar-refractivity contribution in [2.75, 3.05) is 5.32 Å². The molecule has 3 N–H and O–H groups in total. The zero-order valence-electron chi connectivity index (χ0n) is 9.93. The maximum absolute atomic E-state index is 5.70. The van der Waals surface area contributed by atoms with Crippen molar-refractivity contribution in [3.05, 3.63) is 23.5 Å². The van der Waals surface area contributed by atoms with Crippen LogP contribution in [0.1, 0.15) is 11.3 Å². The number of hydrogen-bond donors (Lipinski definition) is 2. The highest BCUT2D eigenvalue weighted by Gasteiger charge is 2.16. The number of aromatic nitrogens is 4. The van der Waals surface area contributed by atoms with Gasteiger partial charge in [0.05, 0.1) is 11.3 Å². The number of aryl methyl sites for hydroxylation is 3. The molecule has 0 saturated carbocycles. The minimum absolute atomic E-state index is 0.328. The molecule has 2 aromatic rings. The van der Waals surface area contributed by atoms with Crippen molar-refractivity contribution in [2.24, 2.45) is 19.8 Å². The third-order valence-electron chi connectivity index (χ3n) is 2.43. The molecule has 17 heavy (non-hydrogen) atoms. The molecule has 0 aliphatic carbocycles. The molecule has 0 radical (unpaired) electrons. The molecule has 7 heteroatoms. The van der Waals surface area contributed by atoms with E-state index in [9.17, 15) is 0 Å². The molecular weight excluding hydrogens is 236 g/mol. The molecule has 90 valence electrons. The van der Waals surface area contributed by atoms with Crippen LogP contribution in [-0.4, -0.2) is 24.5 Å². The van der Waals surface area contributed by atoms with Crippen molar-refractivity contribution in [3.63, 3.8) is 0 Å². The number of rotatable bonds is 3. The molecule has 0 aliphatic rings. The van der Waals surface area contributed by atoms with Crippen molar-refractivity contribution < 1.29 is 0 Å². The van der Waals surface area contributed by atoms with Crippen molar-refractivity contribution in [1.29, 1.82) is 0 Å². The molecular formula is C10H14N6S. The Morgan fingerprint density at radius 3 is 2.65 bits per heavy atom. The van der Waals surface area contributed by atoms with Gasteiger partial charge in [-0.2, -0.15) is 10.2 Å². The number of nitrogens with two attached hydrogens (primary N) is 1. The summed E-state index contributed by atoms with van der Waals surface area (Å²) < 4.78 is 3.42. The predicted molar refractivity (Wildman–Crippen MR) is 70.3 cm³/mol. The Labute approximate surface area is 104 Å². The molecule has 0 aromatic carbocycles. The van der Waals surface area contributed by atoms with Gasteiger partial charge in [-0.3, -0.25) is 9.36 Å². The van der Waals surface area contributed by atoms with Crippen molar-refractivity contribution in [2.45, 2.75) is 6.92 Å². The van der Waals surface area contributed by atoms with Gasteiger partial charge in [-0.05, 0) is 6.92 Å². The van der Waals surface area contributed by atoms with Gasteiger partial charge in [-0.1, -0.05) is 12.2 Å². The van der Waals surface area contributed by atoms with Crippen LogP contribution in [0.2, 0.25) is 0 Å². The van der Waals surface area contributed by atoms with E-state index in [1.165, 1.54) is 0 Å². The monoisotopic (exact) mass is 250 g/mol. The van der Waals surface area contributed by atoms with Crippen LogP contribution in [0.25, 0.3) is 0 Å². The van der Waals surface area contributed by atoms with Crippen LogP contribution in [0.4, 0.5) is 11.6 Å². The summed E-state index contributed by atoms with van der Waals surface area (Å²) in [5.41, 5.74) is 7.26. The summed E-state index contributed by atoms with van der Waals surface area (Å²) in [4.78, 5) is 0.328. The third-order valence-corrected chi connectivity index (χ3v) is 2.63. The highest BCUT2D eigenvalue weighted by Crippen LogP contribution is 2.21. The lowest BCUT2D eigenvalue weighted by atomic mass is 10.2. The van der Waals surface area contributed by atoms with Gasteiger partial charge in [-0.15, -0.1) is 0 Å². The summed E-state index contributed by atoms with van der Waals surface area (Å²) in [5.74, 6) is 1.49. The summed E-state index contributed by atoms with van der Waals surface area (Å²) >= 11 is 5.03. The van der Waals surface area contributed by atoms with Gasteiger partial charge < -0.3 is 11.1 Å². The molecule has 0 fully saturated rings. The quantitative estimate of drug-likeness (QED) is 0.790. The van der Waals surface area contributed by atoms with Gasteiger partial charge in [0.15, 0.2) is 5.82 Å². The minimum Gasteiger partial charge on any atom is -0.389 e. The first-order chi connectivity index (χ1) is 7.99. The Hall–Kier alpha value is -1.89. The summed E-state index contributed by atoms with van der Waals surface area (Å²) in [5, 5.41) is 11.7. The number of anilines is 2. The normalized spacial score (nSPS) is 10.5. The summed E-state index contributed by atoms with van der Waals surface area (Å²) in [6, 6.07) is 1.87. The van der Waals surface area contributed by atoms with Gasteiger partial charge >= 0.3 is 0 Å². The van der Waals surface area contributed by atoms with E-state index in [4.69, 9.17) is 18.0 Å². The average molecular weight is 250 g/mol. The van der Waals surface area contributed by atoms with E-state index in [1.54, 1.807) is 9.36 Å². The first-order valence-electron chi connectivity index (χ1n) is 5.09. The third kappa shape index (κ3) is 2.14. The fourth-order valence-electron chi connectivity index (χ4n) is 1.70. The molecule has 0 spiro atoms. The second-order valence-corrected chi connectivity index (χ2v) is 4.24. The first kappa shape index (κ1) is 11.6. The van der Waals surface area contributed by atoms with E-state index in [-0.39, 0.29) is 0 Å². The lowest BCUT2D eigenvalue weighted by molar-refractivity contribution is 0.756. The van der Waals surface area contributed by atoms with Crippen molar-refractivity contribution in [1.82, 2.24) is 19.6 Å². The van der Waals surface area contributed by atoms with E-state index < -0.39 is 0 Å². The second-order valence-electron chi connectivity index (χ2n) is 3.80. The number of hydrogen-bond acceptors (Lipinski definition) is 4. The Morgan fingerprint density at radius 2 is 2.12 bits per heavy atom. The highest BCUT2D eigenvalue weighted by atomic mass is 32.1. The molecule has 0 aliphatic heterocycles. The van der Waals surface area contributed by atoms with Gasteiger partial charge in [0.1, 0.15) is 10.8 Å². The van der Waals surface area contributed by atoms with E-state index in [0.717, 1.165) is 22.9 Å². The molecule has 0 unspecified atom stereocenters. The SMILES string of the molecule is Cc1nn(C)c(Nc2ccn(C)n2)c1C(N)=S. The average Bonchev–Trinajstić information content (AvgIpc) is 2.72. The van der Waals surface area contributed by atoms with Crippen LogP contribution in [0.15, 0.2) is 12.3 Å². The summed E-state index contributed by atoms with van der Waals surface area (Å²) in [6.07, 6.45) is 1.85. The van der Waals surface area contributed by atoms with Gasteiger partial charge in [-0.25, -0.2) is 0 Å². The Morgan fingerprint density at radius 1 is 1.41 bits per heavy atom. The van der Waals surface area contributed by atoms with Gasteiger partial charge in [0.2, 0.25) is 0 Å². The Bertz CT molecular complexity index is 567. The van der Waals surface area contributed by atoms with E-state index in [1.807, 2.05) is 33.3 Å². The summed E-state index contributed by atoms with van der Waals surface area (Å²) in [6.45, 7) is 1.87. The molecule has 2 rings (SSSR count). The molecule has 0 amide bonds. The largest absolute Gasteiger partial charge is 0.389 e. The van der Waals surface area contributed by atoms with Crippen LogP contribution in [-0.2, 0) is 14.1 Å². The zero-order chi connectivity index (χ0) is 12.6. The molecule has 0 atom stereocenters. The van der Waals surface area contributed by atoms with E-state index >= 15 is 0 Å². The molecule has 0 saturated heterocycles. The van der Waals surface area contributed by atoms with Gasteiger partial charge in [0.25, 0.3) is 0 Å². The van der Waals surface area contributed by atoms with Crippen LogP contribution in [0, 0.1) is 6.92 Å². The fourth-order valence-corrected chi connectivity index (χ4v) is 1.94. The van der Waals surface area contributed by atoms with E-state index in [0.29, 0.717) is 4.99 Å². The van der Waals surface area contributed by atoms with Crippen LogP contribution in [0.3, 0.4) is 0 Å².